The van der Waals surface area contributed by atoms with Crippen LogP contribution in [-0.4, -0.2) is 29.4 Å². The van der Waals surface area contributed by atoms with Crippen molar-refractivity contribution in [3.63, 3.8) is 0 Å². The van der Waals surface area contributed by atoms with Crippen LogP contribution >= 0.6 is 15.9 Å². The molecule has 4 nitrogen and oxygen atoms in total. The lowest BCUT2D eigenvalue weighted by Gasteiger charge is -2.36. The first-order valence-electron chi connectivity index (χ1n) is 5.81. The first kappa shape index (κ1) is 13.1. The summed E-state index contributed by atoms with van der Waals surface area (Å²) in [5, 5.41) is 0. The third-order valence-electron chi connectivity index (χ3n) is 2.97. The maximum Gasteiger partial charge on any atom is 0.414 e. The molecule has 1 aromatic carbocycles. The number of hydrogen-bond acceptors (Lipinski definition) is 3. The number of ether oxygens (including phenoxy) is 1. The van der Waals surface area contributed by atoms with Crippen molar-refractivity contribution in [2.45, 2.75) is 24.7 Å². The fourth-order valence-electron chi connectivity index (χ4n) is 2.07. The summed E-state index contributed by atoms with van der Waals surface area (Å²) < 4.78 is 5.05. The van der Waals surface area contributed by atoms with E-state index in [9.17, 15) is 9.59 Å². The van der Waals surface area contributed by atoms with Crippen LogP contribution in [0.3, 0.4) is 0 Å². The van der Waals surface area contributed by atoms with E-state index in [1.54, 1.807) is 31.2 Å². The Bertz CT molecular complexity index is 489. The number of anilines is 1. The molecule has 0 aromatic heterocycles. The summed E-state index contributed by atoms with van der Waals surface area (Å²) in [5.74, 6) is -0.00125. The number of para-hydroxylation sites is 1. The van der Waals surface area contributed by atoms with Crippen molar-refractivity contribution in [3.05, 3.63) is 29.8 Å². The zero-order valence-electron chi connectivity index (χ0n) is 10.2. The molecule has 1 aromatic rings. The third-order valence-corrected chi connectivity index (χ3v) is 4.16. The summed E-state index contributed by atoms with van der Waals surface area (Å²) in [5.41, 5.74) is 1.16. The van der Waals surface area contributed by atoms with Crippen LogP contribution < -0.4 is 4.90 Å². The van der Waals surface area contributed by atoms with E-state index in [1.807, 2.05) is 6.92 Å². The first-order chi connectivity index (χ1) is 8.57. The van der Waals surface area contributed by atoms with Gasteiger partial charge in [0.2, 0.25) is 0 Å². The van der Waals surface area contributed by atoms with Crippen LogP contribution in [0.1, 0.15) is 24.2 Å². The van der Waals surface area contributed by atoms with Gasteiger partial charge in [-0.25, -0.2) is 4.79 Å². The third kappa shape index (κ3) is 2.03. The number of fused-ring (bicyclic) bond motifs is 1. The molecule has 0 unspecified atom stereocenters. The number of carbonyl (C=O) groups excluding carboxylic acids is 2. The number of Topliss-reactive ketones (excluding diaryl/α,β-unsaturated/α-hetero) is 1. The molecule has 5 heteroatoms. The van der Waals surface area contributed by atoms with Crippen LogP contribution in [0.25, 0.3) is 0 Å². The summed E-state index contributed by atoms with van der Waals surface area (Å²) >= 11 is 3.35. The quantitative estimate of drug-likeness (QED) is 0.749. The zero-order chi connectivity index (χ0) is 13.3. The average Bonchev–Trinajstić information content (AvgIpc) is 2.37. The summed E-state index contributed by atoms with van der Waals surface area (Å²) in [6, 6.07) is 6.81. The second-order valence-corrected chi connectivity index (χ2v) is 5.08. The van der Waals surface area contributed by atoms with Gasteiger partial charge in [-0.2, -0.15) is 0 Å². The average molecular weight is 312 g/mol. The van der Waals surface area contributed by atoms with Gasteiger partial charge >= 0.3 is 6.09 Å². The van der Waals surface area contributed by atoms with Crippen LogP contribution in [0.15, 0.2) is 24.3 Å². The molecule has 0 saturated heterocycles. The highest BCUT2D eigenvalue weighted by molar-refractivity contribution is 9.10. The van der Waals surface area contributed by atoms with Crippen molar-refractivity contribution < 1.29 is 14.3 Å². The Kier molecular flexibility index (Phi) is 3.71. The van der Waals surface area contributed by atoms with E-state index in [1.165, 1.54) is 4.90 Å². The lowest BCUT2D eigenvalue weighted by Crippen LogP contribution is -2.50. The molecule has 0 fully saturated rings. The van der Waals surface area contributed by atoms with Gasteiger partial charge in [0.1, 0.15) is 0 Å². The van der Waals surface area contributed by atoms with Gasteiger partial charge in [-0.1, -0.05) is 28.1 Å². The fraction of sp³-hybridized carbons (Fsp3) is 0.385. The summed E-state index contributed by atoms with van der Waals surface area (Å²) in [4.78, 5) is 25.2. The molecular formula is C13H14BrNO3. The molecule has 0 bridgehead atoms. The van der Waals surface area contributed by atoms with Crippen LogP contribution in [0.5, 0.6) is 0 Å². The van der Waals surface area contributed by atoms with E-state index in [2.05, 4.69) is 15.9 Å². The Hall–Kier alpha value is -1.36. The highest BCUT2D eigenvalue weighted by Crippen LogP contribution is 2.34. The Morgan fingerprint density at radius 2 is 2.11 bits per heavy atom. The van der Waals surface area contributed by atoms with Crippen LogP contribution in [0, 0.1) is 0 Å². The minimum atomic E-state index is -0.422. The van der Waals surface area contributed by atoms with Crippen LogP contribution in [0.2, 0.25) is 0 Å². The van der Waals surface area contributed by atoms with Crippen molar-refractivity contribution in [1.29, 1.82) is 0 Å². The van der Waals surface area contributed by atoms with Gasteiger partial charge in [-0.05, 0) is 26.0 Å². The van der Waals surface area contributed by atoms with Gasteiger partial charge in [0, 0.05) is 5.56 Å². The molecule has 0 radical (unpaired) electrons. The van der Waals surface area contributed by atoms with Crippen molar-refractivity contribution in [3.8, 4) is 0 Å². The predicted molar refractivity (Wildman–Crippen MR) is 72.5 cm³/mol. The van der Waals surface area contributed by atoms with Gasteiger partial charge in [0.25, 0.3) is 0 Å². The Morgan fingerprint density at radius 1 is 1.44 bits per heavy atom. The molecule has 2 atom stereocenters. The SMILES string of the molecule is CCOC(=O)N1c2ccccc2C(=O)[C@H](Br)[C@H]1C. The minimum Gasteiger partial charge on any atom is -0.449 e. The molecule has 96 valence electrons. The molecule has 1 heterocycles. The molecule has 0 spiro atoms. The lowest BCUT2D eigenvalue weighted by atomic mass is 9.96. The van der Waals surface area contributed by atoms with Gasteiger partial charge in [0.05, 0.1) is 23.2 Å². The van der Waals surface area contributed by atoms with Gasteiger partial charge in [-0.3, -0.25) is 9.69 Å². The van der Waals surface area contributed by atoms with Gasteiger partial charge in [-0.15, -0.1) is 0 Å². The second kappa shape index (κ2) is 5.10. The monoisotopic (exact) mass is 311 g/mol. The van der Waals surface area contributed by atoms with E-state index < -0.39 is 10.9 Å². The molecule has 2 rings (SSSR count). The fourth-order valence-corrected chi connectivity index (χ4v) is 2.55. The van der Waals surface area contributed by atoms with Crippen LogP contribution in [0.4, 0.5) is 10.5 Å². The van der Waals surface area contributed by atoms with E-state index >= 15 is 0 Å². The van der Waals surface area contributed by atoms with Crippen molar-refractivity contribution in [1.82, 2.24) is 0 Å². The van der Waals surface area contributed by atoms with Gasteiger partial charge < -0.3 is 4.74 Å². The number of ketones is 1. The largest absolute Gasteiger partial charge is 0.449 e. The number of amides is 1. The second-order valence-electron chi connectivity index (χ2n) is 4.09. The molecular weight excluding hydrogens is 298 g/mol. The van der Waals surface area contributed by atoms with Crippen molar-refractivity contribution >= 4 is 33.5 Å². The minimum absolute atomic E-state index is 0.00125. The van der Waals surface area contributed by atoms with E-state index in [0.29, 0.717) is 17.9 Å². The van der Waals surface area contributed by atoms with E-state index in [4.69, 9.17) is 4.74 Å². The zero-order valence-corrected chi connectivity index (χ0v) is 11.8. The lowest BCUT2D eigenvalue weighted by molar-refractivity contribution is 0.0976. The molecule has 18 heavy (non-hydrogen) atoms. The Balaban J connectivity index is 2.49. The van der Waals surface area contributed by atoms with Gasteiger partial charge in [0.15, 0.2) is 5.78 Å². The summed E-state index contributed by atoms with van der Waals surface area (Å²) in [6.07, 6.45) is -0.422. The molecule has 1 aliphatic heterocycles. The van der Waals surface area contributed by atoms with Crippen molar-refractivity contribution in [2.75, 3.05) is 11.5 Å². The highest BCUT2D eigenvalue weighted by atomic mass is 79.9. The smallest absolute Gasteiger partial charge is 0.414 e. The Morgan fingerprint density at radius 3 is 2.78 bits per heavy atom. The maximum atomic E-state index is 12.1. The number of rotatable bonds is 1. The number of hydrogen-bond donors (Lipinski definition) is 0. The number of halogens is 1. The number of carbonyl (C=O) groups is 2. The molecule has 0 N–H and O–H groups in total. The summed E-state index contributed by atoms with van der Waals surface area (Å²) in [7, 11) is 0. The Labute approximate surface area is 114 Å². The maximum absolute atomic E-state index is 12.1. The van der Waals surface area contributed by atoms with E-state index in [-0.39, 0.29) is 11.8 Å². The first-order valence-corrected chi connectivity index (χ1v) is 6.72. The standard InChI is InChI=1S/C13H14BrNO3/c1-3-18-13(17)15-8(2)11(14)12(16)9-6-4-5-7-10(9)15/h4-8,11H,3H2,1-2H3/t8-,11-/m1/s1. The topological polar surface area (TPSA) is 46.6 Å². The van der Waals surface area contributed by atoms with E-state index in [0.717, 1.165) is 0 Å². The molecule has 1 aliphatic rings. The molecule has 0 saturated carbocycles. The number of nitrogens with zero attached hydrogens (tertiary/aromatic N) is 1. The normalized spacial score (nSPS) is 22.6. The number of benzene rings is 1. The van der Waals surface area contributed by atoms with Crippen molar-refractivity contribution in [2.24, 2.45) is 0 Å². The highest BCUT2D eigenvalue weighted by Gasteiger charge is 2.39. The molecule has 0 aliphatic carbocycles. The van der Waals surface area contributed by atoms with Crippen LogP contribution in [-0.2, 0) is 4.74 Å². The molecule has 1 amide bonds. The summed E-state index contributed by atoms with van der Waals surface area (Å²) in [6.45, 7) is 3.89. The predicted octanol–water partition coefficient (Wildman–Crippen LogP) is 3.00. The number of alkyl halides is 1.